The Morgan fingerprint density at radius 2 is 2.00 bits per heavy atom. The molecular formula is C21H23N3O. The Kier molecular flexibility index (Phi) is 4.98. The number of hydrogen-bond donors (Lipinski definition) is 1. The molecule has 0 aliphatic heterocycles. The van der Waals surface area contributed by atoms with E-state index >= 15 is 0 Å². The van der Waals surface area contributed by atoms with Crippen molar-refractivity contribution in [3.8, 4) is 0 Å². The standard InChI is InChI=1S/C21H23N3O/c1-15(2)14-24-19-10-5-4-9-18(19)23-20(24)11-12-22-21(25)17-8-6-7-16(3)13-17/h4-10,13H,1,11-12,14H2,2-3H3,(H,22,25). The van der Waals surface area contributed by atoms with Crippen molar-refractivity contribution in [1.82, 2.24) is 14.9 Å². The summed E-state index contributed by atoms with van der Waals surface area (Å²) in [6.45, 7) is 9.30. The molecule has 0 aliphatic rings. The highest BCUT2D eigenvalue weighted by molar-refractivity contribution is 5.94. The molecule has 3 rings (SSSR count). The van der Waals surface area contributed by atoms with E-state index in [1.807, 2.05) is 56.3 Å². The van der Waals surface area contributed by atoms with Gasteiger partial charge in [0.2, 0.25) is 0 Å². The molecule has 0 fully saturated rings. The van der Waals surface area contributed by atoms with Crippen molar-refractivity contribution in [3.05, 3.63) is 77.6 Å². The third-order valence-electron chi connectivity index (χ3n) is 4.08. The van der Waals surface area contributed by atoms with Gasteiger partial charge in [0, 0.05) is 25.1 Å². The Morgan fingerprint density at radius 3 is 2.76 bits per heavy atom. The number of allylic oxidation sites excluding steroid dienone is 1. The van der Waals surface area contributed by atoms with Crippen molar-refractivity contribution in [1.29, 1.82) is 0 Å². The first-order chi connectivity index (χ1) is 12.0. The molecule has 1 amide bonds. The molecule has 25 heavy (non-hydrogen) atoms. The van der Waals surface area contributed by atoms with Gasteiger partial charge in [0.05, 0.1) is 11.0 Å². The summed E-state index contributed by atoms with van der Waals surface area (Å²) in [6, 6.07) is 15.7. The number of carbonyl (C=O) groups excluding carboxylic acids is 1. The summed E-state index contributed by atoms with van der Waals surface area (Å²) < 4.78 is 2.18. The van der Waals surface area contributed by atoms with Crippen LogP contribution < -0.4 is 5.32 Å². The van der Waals surface area contributed by atoms with Crippen molar-refractivity contribution in [2.45, 2.75) is 26.8 Å². The molecule has 0 aliphatic carbocycles. The number of para-hydroxylation sites is 2. The molecule has 0 atom stereocenters. The zero-order valence-corrected chi connectivity index (χ0v) is 14.7. The van der Waals surface area contributed by atoms with Gasteiger partial charge in [-0.1, -0.05) is 42.0 Å². The number of nitrogens with one attached hydrogen (secondary N) is 1. The van der Waals surface area contributed by atoms with Gasteiger partial charge in [-0.25, -0.2) is 4.98 Å². The average molecular weight is 333 g/mol. The fourth-order valence-corrected chi connectivity index (χ4v) is 2.94. The number of aromatic nitrogens is 2. The second-order valence-corrected chi connectivity index (χ2v) is 6.44. The molecule has 1 aromatic heterocycles. The highest BCUT2D eigenvalue weighted by Gasteiger charge is 2.11. The van der Waals surface area contributed by atoms with Gasteiger partial charge in [0.1, 0.15) is 5.82 Å². The molecule has 0 spiro atoms. The van der Waals surface area contributed by atoms with E-state index in [2.05, 4.69) is 22.5 Å². The number of nitrogens with zero attached hydrogens (tertiary/aromatic N) is 2. The summed E-state index contributed by atoms with van der Waals surface area (Å²) in [5.41, 5.74) is 4.92. The zero-order chi connectivity index (χ0) is 17.8. The lowest BCUT2D eigenvalue weighted by molar-refractivity contribution is 0.0954. The second kappa shape index (κ2) is 7.34. The lowest BCUT2D eigenvalue weighted by Crippen LogP contribution is -2.26. The summed E-state index contributed by atoms with van der Waals surface area (Å²) in [5.74, 6) is 0.917. The summed E-state index contributed by atoms with van der Waals surface area (Å²) in [5, 5.41) is 2.98. The molecule has 128 valence electrons. The van der Waals surface area contributed by atoms with Crippen molar-refractivity contribution < 1.29 is 4.79 Å². The predicted octanol–water partition coefficient (Wildman–Crippen LogP) is 3.89. The first-order valence-electron chi connectivity index (χ1n) is 8.48. The number of rotatable bonds is 6. The van der Waals surface area contributed by atoms with Crippen molar-refractivity contribution in [3.63, 3.8) is 0 Å². The van der Waals surface area contributed by atoms with Gasteiger partial charge in [-0.05, 0) is 38.1 Å². The van der Waals surface area contributed by atoms with E-state index in [4.69, 9.17) is 4.98 Å². The lowest BCUT2D eigenvalue weighted by atomic mass is 10.1. The van der Waals surface area contributed by atoms with Crippen LogP contribution >= 0.6 is 0 Å². The van der Waals surface area contributed by atoms with E-state index in [0.29, 0.717) is 18.5 Å². The summed E-state index contributed by atoms with van der Waals surface area (Å²) in [7, 11) is 0. The maximum Gasteiger partial charge on any atom is 0.251 e. The second-order valence-electron chi connectivity index (χ2n) is 6.44. The third kappa shape index (κ3) is 3.97. The number of imidazole rings is 1. The molecule has 4 nitrogen and oxygen atoms in total. The molecule has 3 aromatic rings. The summed E-state index contributed by atoms with van der Waals surface area (Å²) in [6.07, 6.45) is 0.680. The van der Waals surface area contributed by atoms with Gasteiger partial charge in [0.25, 0.3) is 5.91 Å². The number of hydrogen-bond acceptors (Lipinski definition) is 2. The number of benzene rings is 2. The van der Waals surface area contributed by atoms with Gasteiger partial charge < -0.3 is 9.88 Å². The van der Waals surface area contributed by atoms with Crippen LogP contribution in [-0.2, 0) is 13.0 Å². The first-order valence-corrected chi connectivity index (χ1v) is 8.48. The molecule has 4 heteroatoms. The molecule has 1 heterocycles. The quantitative estimate of drug-likeness (QED) is 0.696. The third-order valence-corrected chi connectivity index (χ3v) is 4.08. The highest BCUT2D eigenvalue weighted by atomic mass is 16.1. The molecule has 0 saturated heterocycles. The van der Waals surface area contributed by atoms with E-state index in [9.17, 15) is 4.79 Å². The minimum Gasteiger partial charge on any atom is -0.352 e. The first kappa shape index (κ1) is 17.0. The fourth-order valence-electron chi connectivity index (χ4n) is 2.94. The van der Waals surface area contributed by atoms with Gasteiger partial charge in [-0.2, -0.15) is 0 Å². The van der Waals surface area contributed by atoms with Crippen LogP contribution in [0.5, 0.6) is 0 Å². The van der Waals surface area contributed by atoms with E-state index < -0.39 is 0 Å². The normalized spacial score (nSPS) is 10.8. The van der Waals surface area contributed by atoms with E-state index in [-0.39, 0.29) is 5.91 Å². The van der Waals surface area contributed by atoms with Gasteiger partial charge in [-0.15, -0.1) is 0 Å². The summed E-state index contributed by atoms with van der Waals surface area (Å²) >= 11 is 0. The van der Waals surface area contributed by atoms with Crippen LogP contribution in [0.15, 0.2) is 60.7 Å². The number of aryl methyl sites for hydroxylation is 1. The van der Waals surface area contributed by atoms with Gasteiger partial charge in [0.15, 0.2) is 0 Å². The largest absolute Gasteiger partial charge is 0.352 e. The Morgan fingerprint density at radius 1 is 1.20 bits per heavy atom. The van der Waals surface area contributed by atoms with Gasteiger partial charge >= 0.3 is 0 Å². The Hall–Kier alpha value is -2.88. The number of amides is 1. The Bertz CT molecular complexity index is 924. The Balaban J connectivity index is 1.72. The van der Waals surface area contributed by atoms with Crippen LogP contribution in [0, 0.1) is 6.92 Å². The molecule has 1 N–H and O–H groups in total. The molecule has 0 saturated carbocycles. The smallest absolute Gasteiger partial charge is 0.251 e. The van der Waals surface area contributed by atoms with Crippen molar-refractivity contribution in [2.75, 3.05) is 6.54 Å². The van der Waals surface area contributed by atoms with Gasteiger partial charge in [-0.3, -0.25) is 4.79 Å². The number of fused-ring (bicyclic) bond motifs is 1. The molecule has 0 unspecified atom stereocenters. The van der Waals surface area contributed by atoms with Crippen LogP contribution in [-0.4, -0.2) is 22.0 Å². The maximum atomic E-state index is 12.3. The molecular weight excluding hydrogens is 310 g/mol. The highest BCUT2D eigenvalue weighted by Crippen LogP contribution is 2.17. The lowest BCUT2D eigenvalue weighted by Gasteiger charge is -2.10. The number of carbonyl (C=O) groups is 1. The van der Waals surface area contributed by atoms with Crippen LogP contribution in [0.25, 0.3) is 11.0 Å². The van der Waals surface area contributed by atoms with Crippen LogP contribution in [0.2, 0.25) is 0 Å². The minimum absolute atomic E-state index is 0.0498. The van der Waals surface area contributed by atoms with E-state index in [1.54, 1.807) is 0 Å². The van der Waals surface area contributed by atoms with Crippen molar-refractivity contribution >= 4 is 16.9 Å². The molecule has 2 aromatic carbocycles. The topological polar surface area (TPSA) is 46.9 Å². The van der Waals surface area contributed by atoms with E-state index in [1.165, 1.54) is 0 Å². The van der Waals surface area contributed by atoms with Crippen molar-refractivity contribution in [2.24, 2.45) is 0 Å². The Labute approximate surface area is 148 Å². The fraction of sp³-hybridized carbons (Fsp3) is 0.238. The average Bonchev–Trinajstić information content (AvgIpc) is 2.92. The SMILES string of the molecule is C=C(C)Cn1c(CCNC(=O)c2cccc(C)c2)nc2ccccc21. The van der Waals surface area contributed by atoms with E-state index in [0.717, 1.165) is 34.5 Å². The van der Waals surface area contributed by atoms with Crippen LogP contribution in [0.4, 0.5) is 0 Å². The predicted molar refractivity (Wildman–Crippen MR) is 102 cm³/mol. The maximum absolute atomic E-state index is 12.3. The van der Waals surface area contributed by atoms with Crippen LogP contribution in [0.3, 0.4) is 0 Å². The van der Waals surface area contributed by atoms with Crippen LogP contribution in [0.1, 0.15) is 28.7 Å². The zero-order valence-electron chi connectivity index (χ0n) is 14.7. The summed E-state index contributed by atoms with van der Waals surface area (Å²) in [4.78, 5) is 17.0. The molecule has 0 bridgehead atoms. The monoisotopic (exact) mass is 333 g/mol. The minimum atomic E-state index is -0.0498. The molecule has 0 radical (unpaired) electrons.